The minimum absolute atomic E-state index is 0.174. The number of aromatic nitrogens is 2. The molecule has 0 radical (unpaired) electrons. The van der Waals surface area contributed by atoms with Crippen LogP contribution in [0.5, 0.6) is 5.75 Å². The molecule has 0 saturated carbocycles. The Morgan fingerprint density at radius 3 is 2.67 bits per heavy atom. The molecule has 0 fully saturated rings. The molecule has 0 N–H and O–H groups in total. The molecule has 158 valence electrons. The number of thioether (sulfide) groups is 1. The molecule has 3 aromatic rings. The van der Waals surface area contributed by atoms with Crippen LogP contribution < -0.4 is 10.3 Å². The van der Waals surface area contributed by atoms with Crippen LogP contribution in [-0.2, 0) is 16.1 Å². The third-order valence-electron chi connectivity index (χ3n) is 4.79. The molecule has 30 heavy (non-hydrogen) atoms. The number of hydrogen-bond acceptors (Lipinski definition) is 6. The first-order chi connectivity index (χ1) is 14.4. The number of esters is 1. The van der Waals surface area contributed by atoms with Gasteiger partial charge in [0.05, 0.1) is 24.6 Å². The fourth-order valence-electron chi connectivity index (χ4n) is 3.27. The lowest BCUT2D eigenvalue weighted by Crippen LogP contribution is -2.27. The SMILES string of the molecule is COC(=O)Cn1c(SCCOc2ccc(C(C)C)c(C)c2)nc2ccccc2c1=O. The lowest BCUT2D eigenvalue weighted by Gasteiger charge is -2.14. The van der Waals surface area contributed by atoms with Gasteiger partial charge in [-0.15, -0.1) is 0 Å². The van der Waals surface area contributed by atoms with E-state index in [-0.39, 0.29) is 12.1 Å². The monoisotopic (exact) mass is 426 g/mol. The summed E-state index contributed by atoms with van der Waals surface area (Å²) in [5.41, 5.74) is 2.86. The largest absolute Gasteiger partial charge is 0.493 e. The molecule has 0 atom stereocenters. The third-order valence-corrected chi connectivity index (χ3v) is 5.73. The molecular weight excluding hydrogens is 400 g/mol. The Hall–Kier alpha value is -2.80. The number of ether oxygens (including phenoxy) is 2. The summed E-state index contributed by atoms with van der Waals surface area (Å²) >= 11 is 1.38. The van der Waals surface area contributed by atoms with E-state index in [1.807, 2.05) is 18.2 Å². The number of fused-ring (bicyclic) bond motifs is 1. The Labute approximate surface area is 180 Å². The summed E-state index contributed by atoms with van der Waals surface area (Å²) in [5.74, 6) is 1.38. The number of rotatable bonds is 8. The molecule has 1 aromatic heterocycles. The molecule has 0 amide bonds. The Bertz CT molecular complexity index is 1110. The predicted octanol–water partition coefficient (Wildman–Crippen LogP) is 4.17. The highest BCUT2D eigenvalue weighted by Crippen LogP contribution is 2.24. The van der Waals surface area contributed by atoms with Gasteiger partial charge in [0.1, 0.15) is 12.3 Å². The average Bonchev–Trinajstić information content (AvgIpc) is 2.73. The molecule has 7 heteroatoms. The molecule has 6 nitrogen and oxygen atoms in total. The lowest BCUT2D eigenvalue weighted by atomic mass is 9.98. The van der Waals surface area contributed by atoms with E-state index >= 15 is 0 Å². The Morgan fingerprint density at radius 2 is 1.97 bits per heavy atom. The van der Waals surface area contributed by atoms with Crippen LogP contribution in [-0.4, -0.2) is 35.0 Å². The highest BCUT2D eigenvalue weighted by Gasteiger charge is 2.14. The van der Waals surface area contributed by atoms with Gasteiger partial charge in [-0.1, -0.05) is 43.8 Å². The van der Waals surface area contributed by atoms with Gasteiger partial charge in [0.15, 0.2) is 5.16 Å². The van der Waals surface area contributed by atoms with Crippen LogP contribution in [0.3, 0.4) is 0 Å². The van der Waals surface area contributed by atoms with Crippen LogP contribution in [0.15, 0.2) is 52.4 Å². The van der Waals surface area contributed by atoms with E-state index in [1.165, 1.54) is 34.6 Å². The van der Waals surface area contributed by atoms with Crippen LogP contribution in [0.25, 0.3) is 10.9 Å². The molecular formula is C23H26N2O4S. The first kappa shape index (κ1) is 21.9. The van der Waals surface area contributed by atoms with Crippen LogP contribution in [0.1, 0.15) is 30.9 Å². The quantitative estimate of drug-likeness (QED) is 0.233. The number of nitrogens with zero attached hydrogens (tertiary/aromatic N) is 2. The van der Waals surface area contributed by atoms with Crippen LogP contribution in [0, 0.1) is 6.92 Å². The average molecular weight is 427 g/mol. The number of benzene rings is 2. The minimum atomic E-state index is -0.493. The van der Waals surface area contributed by atoms with Crippen LogP contribution in [0.4, 0.5) is 0 Å². The van der Waals surface area contributed by atoms with Crippen molar-refractivity contribution >= 4 is 28.6 Å². The molecule has 1 heterocycles. The molecule has 0 aliphatic carbocycles. The summed E-state index contributed by atoms with van der Waals surface area (Å²) < 4.78 is 12.0. The number of aryl methyl sites for hydroxylation is 1. The van der Waals surface area contributed by atoms with Crippen LogP contribution in [0.2, 0.25) is 0 Å². The zero-order valence-corrected chi connectivity index (χ0v) is 18.5. The standard InChI is InChI=1S/C23H26N2O4S/c1-15(2)18-10-9-17(13-16(18)3)29-11-12-30-23-24-20-8-6-5-7-19(20)22(27)25(23)14-21(26)28-4/h5-10,13,15H,11-12,14H2,1-4H3. The number of methoxy groups -OCH3 is 1. The maximum absolute atomic E-state index is 12.8. The first-order valence-electron chi connectivity index (χ1n) is 9.83. The number of carbonyl (C=O) groups excluding carboxylic acids is 1. The van der Waals surface area contributed by atoms with Crippen molar-refractivity contribution in [3.05, 3.63) is 63.9 Å². The normalized spacial score (nSPS) is 11.1. The second-order valence-corrected chi connectivity index (χ2v) is 8.31. The van der Waals surface area contributed by atoms with Gasteiger partial charge in [-0.05, 0) is 48.2 Å². The van der Waals surface area contributed by atoms with Gasteiger partial charge < -0.3 is 9.47 Å². The van der Waals surface area contributed by atoms with E-state index in [4.69, 9.17) is 9.47 Å². The summed E-state index contributed by atoms with van der Waals surface area (Å²) in [5, 5.41) is 0.946. The Kier molecular flexibility index (Phi) is 7.15. The number of carbonyl (C=O) groups is 1. The molecule has 0 bridgehead atoms. The van der Waals surface area contributed by atoms with Gasteiger partial charge in [0.2, 0.25) is 0 Å². The van der Waals surface area contributed by atoms with E-state index in [9.17, 15) is 9.59 Å². The van der Waals surface area contributed by atoms with Gasteiger partial charge >= 0.3 is 5.97 Å². The van der Waals surface area contributed by atoms with Crippen molar-refractivity contribution in [1.29, 1.82) is 0 Å². The predicted molar refractivity (Wildman–Crippen MR) is 120 cm³/mol. The van der Waals surface area contributed by atoms with Crippen molar-refractivity contribution in [2.75, 3.05) is 19.5 Å². The molecule has 3 rings (SSSR count). The third kappa shape index (κ3) is 5.02. The zero-order valence-electron chi connectivity index (χ0n) is 17.7. The summed E-state index contributed by atoms with van der Waals surface area (Å²) in [6, 6.07) is 13.2. The number of para-hydroxylation sites is 1. The topological polar surface area (TPSA) is 70.4 Å². The van der Waals surface area contributed by atoms with Crippen molar-refractivity contribution in [1.82, 2.24) is 9.55 Å². The van der Waals surface area contributed by atoms with Crippen LogP contribution >= 0.6 is 11.8 Å². The van der Waals surface area contributed by atoms with E-state index in [2.05, 4.69) is 31.8 Å². The molecule has 0 saturated heterocycles. The highest BCUT2D eigenvalue weighted by molar-refractivity contribution is 7.99. The summed E-state index contributed by atoms with van der Waals surface area (Å²) in [4.78, 5) is 29.2. The Morgan fingerprint density at radius 1 is 1.20 bits per heavy atom. The maximum Gasteiger partial charge on any atom is 0.325 e. The van der Waals surface area contributed by atoms with E-state index < -0.39 is 5.97 Å². The van der Waals surface area contributed by atoms with Crippen molar-refractivity contribution in [3.63, 3.8) is 0 Å². The van der Waals surface area contributed by atoms with Crippen molar-refractivity contribution in [2.45, 2.75) is 38.4 Å². The highest BCUT2D eigenvalue weighted by atomic mass is 32.2. The van der Waals surface area contributed by atoms with Crippen molar-refractivity contribution in [2.24, 2.45) is 0 Å². The second kappa shape index (κ2) is 9.80. The smallest absolute Gasteiger partial charge is 0.325 e. The second-order valence-electron chi connectivity index (χ2n) is 7.25. The van der Waals surface area contributed by atoms with E-state index in [1.54, 1.807) is 18.2 Å². The first-order valence-corrected chi connectivity index (χ1v) is 10.8. The lowest BCUT2D eigenvalue weighted by molar-refractivity contribution is -0.141. The van der Waals surface area contributed by atoms with Gasteiger partial charge in [0.25, 0.3) is 5.56 Å². The molecule has 2 aromatic carbocycles. The van der Waals surface area contributed by atoms with E-state index in [0.717, 1.165) is 5.75 Å². The Balaban J connectivity index is 1.73. The fourth-order valence-corrected chi connectivity index (χ4v) is 4.08. The van der Waals surface area contributed by atoms with Crippen molar-refractivity contribution < 1.29 is 14.3 Å². The molecule has 0 unspecified atom stereocenters. The summed E-state index contributed by atoms with van der Waals surface area (Å²) in [6.45, 7) is 6.70. The zero-order chi connectivity index (χ0) is 21.7. The fraction of sp³-hybridized carbons (Fsp3) is 0.348. The van der Waals surface area contributed by atoms with Crippen molar-refractivity contribution in [3.8, 4) is 5.75 Å². The van der Waals surface area contributed by atoms with Gasteiger partial charge in [-0.25, -0.2) is 4.98 Å². The van der Waals surface area contributed by atoms with Gasteiger partial charge in [0, 0.05) is 5.75 Å². The molecule has 0 aliphatic rings. The molecule has 0 aliphatic heterocycles. The maximum atomic E-state index is 12.8. The van der Waals surface area contributed by atoms with Gasteiger partial charge in [-0.3, -0.25) is 14.2 Å². The molecule has 0 spiro atoms. The minimum Gasteiger partial charge on any atom is -0.493 e. The summed E-state index contributed by atoms with van der Waals surface area (Å²) in [7, 11) is 1.30. The van der Waals surface area contributed by atoms with E-state index in [0.29, 0.717) is 34.3 Å². The van der Waals surface area contributed by atoms with Gasteiger partial charge in [-0.2, -0.15) is 0 Å². The summed E-state index contributed by atoms with van der Waals surface area (Å²) in [6.07, 6.45) is 0. The number of hydrogen-bond donors (Lipinski definition) is 0.